The summed E-state index contributed by atoms with van der Waals surface area (Å²) in [4.78, 5) is 19.5. The third-order valence-corrected chi connectivity index (χ3v) is 5.53. The number of hydrogen-bond acceptors (Lipinski definition) is 6. The van der Waals surface area contributed by atoms with Crippen molar-refractivity contribution in [3.8, 4) is 11.1 Å². The van der Waals surface area contributed by atoms with E-state index in [2.05, 4.69) is 15.2 Å². The Morgan fingerprint density at radius 2 is 2.26 bits per heavy atom. The van der Waals surface area contributed by atoms with Crippen LogP contribution in [0.3, 0.4) is 0 Å². The highest BCUT2D eigenvalue weighted by atomic mass is 32.1. The minimum atomic E-state index is -0.0211. The van der Waals surface area contributed by atoms with Crippen LogP contribution in [0.5, 0.6) is 11.1 Å². The maximum atomic E-state index is 12.4. The summed E-state index contributed by atoms with van der Waals surface area (Å²) >= 11 is 1.31. The molecule has 0 saturated carbocycles. The number of carbonyl (C=O) groups excluding carboxylic acids is 1. The van der Waals surface area contributed by atoms with Gasteiger partial charge in [-0.25, -0.2) is 0 Å². The highest BCUT2D eigenvalue weighted by Gasteiger charge is 2.35. The second-order valence-corrected chi connectivity index (χ2v) is 7.22. The number of nitrogens with zero attached hydrogens (tertiary/aromatic N) is 2. The number of aromatic nitrogens is 1. The summed E-state index contributed by atoms with van der Waals surface area (Å²) in [5.74, 6) is 1.29. The number of amides is 1. The fraction of sp³-hybridized carbons (Fsp3) is 0.500. The highest BCUT2D eigenvalue weighted by Crippen LogP contribution is 2.31. The van der Waals surface area contributed by atoms with Gasteiger partial charge in [0.15, 0.2) is 5.06 Å². The summed E-state index contributed by atoms with van der Waals surface area (Å²) in [6.45, 7) is 5.12. The van der Waals surface area contributed by atoms with Gasteiger partial charge in [-0.3, -0.25) is 4.79 Å². The Labute approximate surface area is 138 Å². The zero-order valence-electron chi connectivity index (χ0n) is 12.9. The lowest BCUT2D eigenvalue weighted by Gasteiger charge is -2.44. The van der Waals surface area contributed by atoms with Gasteiger partial charge in [-0.15, -0.1) is 0 Å². The summed E-state index contributed by atoms with van der Waals surface area (Å²) in [5.41, 5.74) is 0. The molecule has 1 amide bonds. The number of nitrogens with one attached hydrogen (secondary N) is 1. The van der Waals surface area contributed by atoms with Crippen molar-refractivity contribution >= 4 is 17.2 Å². The molecule has 7 heteroatoms. The molecule has 6 nitrogen and oxygen atoms in total. The van der Waals surface area contributed by atoms with Gasteiger partial charge < -0.3 is 19.4 Å². The van der Waals surface area contributed by atoms with Crippen molar-refractivity contribution in [3.05, 3.63) is 29.0 Å². The van der Waals surface area contributed by atoms with Gasteiger partial charge in [0.05, 0.1) is 11.1 Å². The summed E-state index contributed by atoms with van der Waals surface area (Å²) in [6.07, 6.45) is 4.18. The molecule has 0 aromatic carbocycles. The molecular formula is C16H19N3O3S. The molecule has 122 valence electrons. The number of hydrogen-bond donors (Lipinski definition) is 1. The minimum absolute atomic E-state index is 0.0211. The molecule has 3 fully saturated rings. The summed E-state index contributed by atoms with van der Waals surface area (Å²) in [6, 6.07) is 3.83. The Morgan fingerprint density at radius 1 is 1.43 bits per heavy atom. The van der Waals surface area contributed by atoms with Crippen LogP contribution < -0.4 is 10.1 Å². The average molecular weight is 333 g/mol. The Hall–Kier alpha value is -1.86. The molecule has 3 aliphatic rings. The van der Waals surface area contributed by atoms with Crippen LogP contribution in [0.2, 0.25) is 0 Å². The van der Waals surface area contributed by atoms with E-state index >= 15 is 0 Å². The Kier molecular flexibility index (Phi) is 3.82. The van der Waals surface area contributed by atoms with Gasteiger partial charge in [0.25, 0.3) is 5.91 Å². The number of aryl methyl sites for hydroxylation is 1. The lowest BCUT2D eigenvalue weighted by atomic mass is 9.84. The van der Waals surface area contributed by atoms with E-state index in [4.69, 9.17) is 9.15 Å². The maximum absolute atomic E-state index is 12.4. The Balaban J connectivity index is 1.39. The first kappa shape index (κ1) is 14.7. The number of thiophene rings is 1. The number of piperidine rings is 3. The largest absolute Gasteiger partial charge is 0.414 e. The van der Waals surface area contributed by atoms with Crippen LogP contribution in [0.4, 0.5) is 0 Å². The Morgan fingerprint density at radius 3 is 2.91 bits per heavy atom. The van der Waals surface area contributed by atoms with Gasteiger partial charge in [-0.1, -0.05) is 11.3 Å². The molecule has 5 heterocycles. The van der Waals surface area contributed by atoms with E-state index in [0.29, 0.717) is 21.6 Å². The summed E-state index contributed by atoms with van der Waals surface area (Å²) < 4.78 is 10.8. The number of fused-ring (bicyclic) bond motifs is 3. The topological polar surface area (TPSA) is 67.6 Å². The van der Waals surface area contributed by atoms with Gasteiger partial charge in [0, 0.05) is 12.6 Å². The first-order valence-corrected chi connectivity index (χ1v) is 8.72. The number of oxazole rings is 1. The fourth-order valence-corrected chi connectivity index (χ4v) is 4.09. The zero-order valence-corrected chi connectivity index (χ0v) is 13.8. The standard InChI is InChI=1S/C16H19N3O3S/c1-10-8-17-16(21-10)22-14-3-2-13(23-14)15(20)18-12-9-19-6-4-11(12)5-7-19/h2-3,8,11-12H,4-7,9H2,1H3,(H,18,20). The van der Waals surface area contributed by atoms with Crippen LogP contribution in [0.1, 0.15) is 28.3 Å². The molecule has 1 unspecified atom stereocenters. The smallest absolute Gasteiger partial charge is 0.400 e. The number of ether oxygens (including phenoxy) is 1. The molecule has 3 saturated heterocycles. The van der Waals surface area contributed by atoms with E-state index in [9.17, 15) is 4.79 Å². The average Bonchev–Trinajstić information content (AvgIpc) is 3.18. The van der Waals surface area contributed by atoms with E-state index < -0.39 is 0 Å². The first-order chi connectivity index (χ1) is 11.2. The molecule has 1 atom stereocenters. The van der Waals surface area contributed by atoms with E-state index in [1.54, 1.807) is 25.3 Å². The van der Waals surface area contributed by atoms with E-state index in [0.717, 1.165) is 6.54 Å². The lowest BCUT2D eigenvalue weighted by Crippen LogP contribution is -2.57. The molecule has 2 bridgehead atoms. The van der Waals surface area contributed by atoms with Crippen molar-refractivity contribution in [3.63, 3.8) is 0 Å². The summed E-state index contributed by atoms with van der Waals surface area (Å²) in [7, 11) is 0. The minimum Gasteiger partial charge on any atom is -0.414 e. The number of carbonyl (C=O) groups is 1. The van der Waals surface area contributed by atoms with Gasteiger partial charge >= 0.3 is 6.08 Å². The van der Waals surface area contributed by atoms with Crippen molar-refractivity contribution in [1.82, 2.24) is 15.2 Å². The fourth-order valence-electron chi connectivity index (χ4n) is 3.33. The van der Waals surface area contributed by atoms with E-state index in [1.165, 1.54) is 37.3 Å². The molecule has 3 aliphatic heterocycles. The van der Waals surface area contributed by atoms with Gasteiger partial charge in [-0.2, -0.15) is 4.98 Å². The van der Waals surface area contributed by atoms with Crippen LogP contribution in [-0.2, 0) is 0 Å². The normalized spacial score (nSPS) is 26.2. The third kappa shape index (κ3) is 3.11. The zero-order chi connectivity index (χ0) is 15.8. The van der Waals surface area contributed by atoms with Gasteiger partial charge in [-0.05, 0) is 50.9 Å². The van der Waals surface area contributed by atoms with Crippen LogP contribution in [0.25, 0.3) is 0 Å². The van der Waals surface area contributed by atoms with Crippen LogP contribution >= 0.6 is 11.3 Å². The van der Waals surface area contributed by atoms with Crippen molar-refractivity contribution in [1.29, 1.82) is 0 Å². The van der Waals surface area contributed by atoms with Crippen molar-refractivity contribution in [2.24, 2.45) is 5.92 Å². The molecule has 2 aromatic rings. The van der Waals surface area contributed by atoms with E-state index in [-0.39, 0.29) is 18.0 Å². The van der Waals surface area contributed by atoms with Crippen molar-refractivity contribution < 1.29 is 13.9 Å². The quantitative estimate of drug-likeness (QED) is 0.932. The van der Waals surface area contributed by atoms with Gasteiger partial charge in [0.1, 0.15) is 5.76 Å². The highest BCUT2D eigenvalue weighted by molar-refractivity contribution is 7.15. The van der Waals surface area contributed by atoms with Gasteiger partial charge in [0.2, 0.25) is 0 Å². The molecule has 1 N–H and O–H groups in total. The molecular weight excluding hydrogens is 314 g/mol. The van der Waals surface area contributed by atoms with Crippen LogP contribution in [0.15, 0.2) is 22.7 Å². The molecule has 23 heavy (non-hydrogen) atoms. The number of rotatable bonds is 4. The molecule has 0 aliphatic carbocycles. The Bertz CT molecular complexity index is 703. The maximum Gasteiger partial charge on any atom is 0.400 e. The SMILES string of the molecule is Cc1cnc(Oc2ccc(C(=O)NC3CN4CCC3CC4)s2)o1. The second-order valence-electron chi connectivity index (χ2n) is 6.18. The van der Waals surface area contributed by atoms with Crippen LogP contribution in [-0.4, -0.2) is 41.5 Å². The van der Waals surface area contributed by atoms with Crippen LogP contribution in [0, 0.1) is 12.8 Å². The third-order valence-electron chi connectivity index (χ3n) is 4.57. The van der Waals surface area contributed by atoms with Crippen molar-refractivity contribution in [2.75, 3.05) is 19.6 Å². The predicted octanol–water partition coefficient (Wildman–Crippen LogP) is 2.66. The molecule has 0 radical (unpaired) electrons. The lowest BCUT2D eigenvalue weighted by molar-refractivity contribution is 0.0622. The first-order valence-electron chi connectivity index (χ1n) is 7.91. The summed E-state index contributed by atoms with van der Waals surface area (Å²) in [5, 5.41) is 3.79. The van der Waals surface area contributed by atoms with E-state index in [1.807, 2.05) is 0 Å². The molecule has 5 rings (SSSR count). The molecule has 0 spiro atoms. The second kappa shape index (κ2) is 5.98. The van der Waals surface area contributed by atoms with Crippen molar-refractivity contribution in [2.45, 2.75) is 25.8 Å². The monoisotopic (exact) mass is 333 g/mol. The molecule has 2 aromatic heterocycles. The predicted molar refractivity (Wildman–Crippen MR) is 86.1 cm³/mol.